The first-order valence-corrected chi connectivity index (χ1v) is 5.04. The van der Waals surface area contributed by atoms with E-state index in [1.807, 2.05) is 6.92 Å². The second-order valence-electron chi connectivity index (χ2n) is 3.43. The van der Waals surface area contributed by atoms with Crippen LogP contribution < -0.4 is 11.1 Å². The minimum atomic E-state index is -0.779. The van der Waals surface area contributed by atoms with Crippen molar-refractivity contribution in [1.29, 1.82) is 0 Å². The van der Waals surface area contributed by atoms with Gasteiger partial charge in [-0.25, -0.2) is 0 Å². The fraction of sp³-hybridized carbons (Fsp3) is 0.600. The zero-order chi connectivity index (χ0) is 11.3. The van der Waals surface area contributed by atoms with E-state index in [1.165, 1.54) is 12.3 Å². The zero-order valence-corrected chi connectivity index (χ0v) is 8.73. The van der Waals surface area contributed by atoms with Gasteiger partial charge in [-0.1, -0.05) is 13.3 Å². The fourth-order valence-corrected chi connectivity index (χ4v) is 1.34. The van der Waals surface area contributed by atoms with Crippen LogP contribution in [0, 0.1) is 0 Å². The Morgan fingerprint density at radius 2 is 2.40 bits per heavy atom. The summed E-state index contributed by atoms with van der Waals surface area (Å²) in [5.74, 6) is -0.789. The Morgan fingerprint density at radius 3 is 3.00 bits per heavy atom. The normalized spacial score (nSPS) is 25.0. The number of nitrogens with one attached hydrogen (secondary N) is 1. The minimum absolute atomic E-state index is 0.214. The first-order chi connectivity index (χ1) is 7.16. The highest BCUT2D eigenvalue weighted by Gasteiger charge is 2.33. The molecule has 0 bridgehead atoms. The maximum atomic E-state index is 11.4. The molecule has 0 spiro atoms. The van der Waals surface area contributed by atoms with E-state index in [0.717, 1.165) is 12.8 Å². The summed E-state index contributed by atoms with van der Waals surface area (Å²) in [6.07, 6.45) is 3.84. The molecule has 0 aromatic carbocycles. The number of nitrogens with two attached hydrogens (primary N) is 1. The smallest absolute Gasteiger partial charge is 0.243 e. The molecule has 1 aliphatic heterocycles. The first kappa shape index (κ1) is 11.7. The molecule has 1 heterocycles. The molecule has 0 aromatic rings. The fourth-order valence-electron chi connectivity index (χ4n) is 1.34. The van der Waals surface area contributed by atoms with Gasteiger partial charge in [0.15, 0.2) is 5.78 Å². The molecule has 84 valence electrons. The largest absolute Gasteiger partial charge is 0.377 e. The SMILES string of the molecule is CCCCOC1C(=O)C=CNC1C(N)=O. The minimum Gasteiger partial charge on any atom is -0.377 e. The number of carbonyl (C=O) groups is 2. The van der Waals surface area contributed by atoms with Gasteiger partial charge in [0.2, 0.25) is 5.91 Å². The Balaban J connectivity index is 2.58. The van der Waals surface area contributed by atoms with Crippen molar-refractivity contribution >= 4 is 11.7 Å². The quantitative estimate of drug-likeness (QED) is 0.614. The topological polar surface area (TPSA) is 81.4 Å². The van der Waals surface area contributed by atoms with Crippen LogP contribution in [-0.4, -0.2) is 30.4 Å². The second-order valence-corrected chi connectivity index (χ2v) is 3.43. The van der Waals surface area contributed by atoms with E-state index in [9.17, 15) is 9.59 Å². The molecule has 2 atom stereocenters. The molecule has 0 fully saturated rings. The Bertz CT molecular complexity index is 276. The van der Waals surface area contributed by atoms with Gasteiger partial charge in [0.05, 0.1) is 0 Å². The number of rotatable bonds is 5. The summed E-state index contributed by atoms with van der Waals surface area (Å²) in [6.45, 7) is 2.49. The molecule has 0 saturated carbocycles. The third-order valence-electron chi connectivity index (χ3n) is 2.21. The van der Waals surface area contributed by atoms with Gasteiger partial charge in [0, 0.05) is 12.8 Å². The molecule has 2 unspecified atom stereocenters. The molecular formula is C10H16N2O3. The molecule has 1 aliphatic rings. The van der Waals surface area contributed by atoms with Crippen molar-refractivity contribution < 1.29 is 14.3 Å². The molecule has 5 nitrogen and oxygen atoms in total. The molecule has 0 saturated heterocycles. The van der Waals surface area contributed by atoms with Crippen LogP contribution in [0.5, 0.6) is 0 Å². The predicted molar refractivity (Wildman–Crippen MR) is 54.9 cm³/mol. The lowest BCUT2D eigenvalue weighted by atomic mass is 10.0. The number of amides is 1. The summed E-state index contributed by atoms with van der Waals surface area (Å²) < 4.78 is 5.35. The Morgan fingerprint density at radius 1 is 1.67 bits per heavy atom. The van der Waals surface area contributed by atoms with Crippen molar-refractivity contribution in [3.05, 3.63) is 12.3 Å². The second kappa shape index (κ2) is 5.50. The lowest BCUT2D eigenvalue weighted by Crippen LogP contribution is -2.53. The van der Waals surface area contributed by atoms with Crippen molar-refractivity contribution in [1.82, 2.24) is 5.32 Å². The number of ether oxygens (including phenoxy) is 1. The summed E-state index contributed by atoms with van der Waals surface area (Å²) in [7, 11) is 0. The molecule has 1 amide bonds. The Kier molecular flexibility index (Phi) is 4.30. The van der Waals surface area contributed by atoms with E-state index >= 15 is 0 Å². The zero-order valence-electron chi connectivity index (χ0n) is 8.73. The summed E-state index contributed by atoms with van der Waals surface area (Å²) in [4.78, 5) is 22.5. The maximum absolute atomic E-state index is 11.4. The van der Waals surface area contributed by atoms with Gasteiger partial charge in [-0.2, -0.15) is 0 Å². The third kappa shape index (κ3) is 3.06. The average molecular weight is 212 g/mol. The number of hydrogen-bond acceptors (Lipinski definition) is 4. The maximum Gasteiger partial charge on any atom is 0.243 e. The molecule has 15 heavy (non-hydrogen) atoms. The van der Waals surface area contributed by atoms with Crippen molar-refractivity contribution in [2.45, 2.75) is 31.9 Å². The van der Waals surface area contributed by atoms with Crippen molar-refractivity contribution in [3.8, 4) is 0 Å². The van der Waals surface area contributed by atoms with Crippen molar-refractivity contribution in [2.24, 2.45) is 5.73 Å². The molecular weight excluding hydrogens is 196 g/mol. The van der Waals surface area contributed by atoms with Crippen LogP contribution in [0.15, 0.2) is 12.3 Å². The molecule has 0 radical (unpaired) electrons. The van der Waals surface area contributed by atoms with Gasteiger partial charge in [0.25, 0.3) is 0 Å². The molecule has 0 aliphatic carbocycles. The lowest BCUT2D eigenvalue weighted by Gasteiger charge is -2.26. The van der Waals surface area contributed by atoms with Gasteiger partial charge in [-0.05, 0) is 12.5 Å². The highest BCUT2D eigenvalue weighted by Crippen LogP contribution is 2.08. The highest BCUT2D eigenvalue weighted by atomic mass is 16.5. The van der Waals surface area contributed by atoms with Gasteiger partial charge < -0.3 is 15.8 Å². The van der Waals surface area contributed by atoms with E-state index in [1.54, 1.807) is 0 Å². The van der Waals surface area contributed by atoms with Crippen LogP contribution >= 0.6 is 0 Å². The summed E-state index contributed by atoms with van der Waals surface area (Å²) in [5, 5.41) is 2.73. The molecule has 0 aromatic heterocycles. The van der Waals surface area contributed by atoms with Gasteiger partial charge in [-0.3, -0.25) is 9.59 Å². The number of ketones is 1. The highest BCUT2D eigenvalue weighted by molar-refractivity contribution is 5.99. The average Bonchev–Trinajstić information content (AvgIpc) is 2.20. The van der Waals surface area contributed by atoms with Crippen LogP contribution in [0.1, 0.15) is 19.8 Å². The summed E-state index contributed by atoms with van der Waals surface area (Å²) in [5.41, 5.74) is 5.16. The van der Waals surface area contributed by atoms with Crippen LogP contribution in [0.2, 0.25) is 0 Å². The summed E-state index contributed by atoms with van der Waals surface area (Å²) >= 11 is 0. The predicted octanol–water partition coefficient (Wildman–Crippen LogP) is -0.288. The Hall–Kier alpha value is -1.36. The number of carbonyl (C=O) groups excluding carboxylic acids is 2. The van der Waals surface area contributed by atoms with Gasteiger partial charge in [0.1, 0.15) is 12.1 Å². The van der Waals surface area contributed by atoms with Crippen molar-refractivity contribution in [2.75, 3.05) is 6.61 Å². The Labute approximate surface area is 88.7 Å². The lowest BCUT2D eigenvalue weighted by molar-refractivity contribution is -0.135. The number of hydrogen-bond donors (Lipinski definition) is 2. The van der Waals surface area contributed by atoms with E-state index < -0.39 is 18.1 Å². The molecule has 1 rings (SSSR count). The van der Waals surface area contributed by atoms with Crippen LogP contribution in [0.25, 0.3) is 0 Å². The molecule has 5 heteroatoms. The van der Waals surface area contributed by atoms with Crippen LogP contribution in [0.3, 0.4) is 0 Å². The van der Waals surface area contributed by atoms with Crippen molar-refractivity contribution in [3.63, 3.8) is 0 Å². The number of unbranched alkanes of at least 4 members (excludes halogenated alkanes) is 1. The summed E-state index contributed by atoms with van der Waals surface area (Å²) in [6, 6.07) is -0.751. The van der Waals surface area contributed by atoms with Gasteiger partial charge in [-0.15, -0.1) is 0 Å². The van der Waals surface area contributed by atoms with E-state index in [2.05, 4.69) is 5.32 Å². The van der Waals surface area contributed by atoms with E-state index in [0.29, 0.717) is 6.61 Å². The number of primary amides is 1. The van der Waals surface area contributed by atoms with Crippen LogP contribution in [0.4, 0.5) is 0 Å². The van der Waals surface area contributed by atoms with Gasteiger partial charge >= 0.3 is 0 Å². The third-order valence-corrected chi connectivity index (χ3v) is 2.21. The molecule has 3 N–H and O–H groups in total. The first-order valence-electron chi connectivity index (χ1n) is 5.04. The van der Waals surface area contributed by atoms with E-state index in [-0.39, 0.29) is 5.78 Å². The monoisotopic (exact) mass is 212 g/mol. The standard InChI is InChI=1S/C10H16N2O3/c1-2-3-6-15-9-7(13)4-5-12-8(9)10(11)14/h4-5,8-9,12H,2-3,6H2,1H3,(H2,11,14). The van der Waals surface area contributed by atoms with Crippen LogP contribution in [-0.2, 0) is 14.3 Å². The van der Waals surface area contributed by atoms with E-state index in [4.69, 9.17) is 10.5 Å².